The number of halogens is 2. The Hall–Kier alpha value is -0.600. The Morgan fingerprint density at radius 1 is 0.500 bits per heavy atom. The number of hydrogen-bond acceptors (Lipinski definition) is 0. The first-order valence-corrected chi connectivity index (χ1v) is 5.79. The van der Waals surface area contributed by atoms with Gasteiger partial charge in [-0.05, 0) is 24.3 Å². The molecule has 2 aromatic carbocycles. The predicted octanol–water partition coefficient (Wildman–Crippen LogP) is 4.90. The molecule has 2 rings (SSSR count). The van der Waals surface area contributed by atoms with Gasteiger partial charge in [0.05, 0.1) is 0 Å². The summed E-state index contributed by atoms with van der Waals surface area (Å²) in [7, 11) is 0. The van der Waals surface area contributed by atoms with Crippen molar-refractivity contribution in [1.82, 2.24) is 0 Å². The predicted molar refractivity (Wildman–Crippen MR) is 68.3 cm³/mol. The van der Waals surface area contributed by atoms with Crippen molar-refractivity contribution in [3.63, 3.8) is 0 Å². The van der Waals surface area contributed by atoms with Crippen LogP contribution in [0.3, 0.4) is 0 Å². The summed E-state index contributed by atoms with van der Waals surface area (Å²) >= 11 is 6.65. The molecule has 0 aromatic heterocycles. The summed E-state index contributed by atoms with van der Waals surface area (Å²) in [6, 6.07) is 20.0. The highest BCUT2D eigenvalue weighted by molar-refractivity contribution is 9.11. The zero-order chi connectivity index (χ0) is 10.2. The fraction of sp³-hybridized carbons (Fsp3) is 0. The van der Waals surface area contributed by atoms with Gasteiger partial charge in [-0.1, -0.05) is 68.3 Å². The topological polar surface area (TPSA) is 0 Å². The second-order valence-corrected chi connectivity index (χ2v) is 4.42. The zero-order valence-electron chi connectivity index (χ0n) is 7.53. The molecule has 0 heterocycles. The second kappa shape index (κ2) is 6.80. The number of benzene rings is 2. The monoisotopic (exact) mass is 312 g/mol. The Morgan fingerprint density at radius 2 is 0.714 bits per heavy atom. The molecule has 0 atom stereocenters. The molecular formula is C12H10Br2. The minimum absolute atomic E-state index is 1.11. The minimum Gasteiger partial charge on any atom is -0.0623 e. The third-order valence-electron chi connectivity index (χ3n) is 1.47. The van der Waals surface area contributed by atoms with Gasteiger partial charge in [-0.15, -0.1) is 0 Å². The van der Waals surface area contributed by atoms with Gasteiger partial charge in [0, 0.05) is 8.95 Å². The number of rotatable bonds is 0. The van der Waals surface area contributed by atoms with Crippen molar-refractivity contribution in [3.05, 3.63) is 69.6 Å². The van der Waals surface area contributed by atoms with Gasteiger partial charge < -0.3 is 0 Å². The van der Waals surface area contributed by atoms with E-state index in [1.165, 1.54) is 0 Å². The summed E-state index contributed by atoms with van der Waals surface area (Å²) < 4.78 is 2.22. The third-order valence-corrected chi connectivity index (χ3v) is 2.53. The van der Waals surface area contributed by atoms with Gasteiger partial charge in [0.1, 0.15) is 0 Å². The molecular weight excluding hydrogens is 304 g/mol. The van der Waals surface area contributed by atoms with Gasteiger partial charge in [-0.2, -0.15) is 0 Å². The molecule has 2 aromatic rings. The summed E-state index contributed by atoms with van der Waals surface area (Å²) in [4.78, 5) is 0. The van der Waals surface area contributed by atoms with Crippen LogP contribution in [-0.4, -0.2) is 0 Å². The smallest absolute Gasteiger partial charge is 0.0176 e. The molecule has 0 saturated heterocycles. The van der Waals surface area contributed by atoms with Gasteiger partial charge in [-0.3, -0.25) is 0 Å². The molecule has 0 aliphatic rings. The lowest BCUT2D eigenvalue weighted by molar-refractivity contribution is 1.61. The first kappa shape index (κ1) is 11.5. The van der Waals surface area contributed by atoms with E-state index in [0.717, 1.165) is 8.95 Å². The summed E-state index contributed by atoms with van der Waals surface area (Å²) in [5, 5.41) is 0. The van der Waals surface area contributed by atoms with E-state index in [1.807, 2.05) is 60.7 Å². The van der Waals surface area contributed by atoms with Crippen molar-refractivity contribution in [2.75, 3.05) is 0 Å². The molecule has 0 radical (unpaired) electrons. The van der Waals surface area contributed by atoms with Crippen LogP contribution >= 0.6 is 31.9 Å². The molecule has 0 nitrogen and oxygen atoms in total. The molecule has 0 fully saturated rings. The molecule has 0 N–H and O–H groups in total. The molecule has 0 saturated carbocycles. The Morgan fingerprint density at radius 3 is 0.929 bits per heavy atom. The van der Waals surface area contributed by atoms with E-state index < -0.39 is 0 Å². The fourth-order valence-electron chi connectivity index (χ4n) is 0.814. The first-order chi connectivity index (χ1) is 6.79. The summed E-state index contributed by atoms with van der Waals surface area (Å²) in [5.74, 6) is 0. The summed E-state index contributed by atoms with van der Waals surface area (Å²) in [6.07, 6.45) is 0. The van der Waals surface area contributed by atoms with Crippen LogP contribution in [0.1, 0.15) is 0 Å². The summed E-state index contributed by atoms with van der Waals surface area (Å²) in [5.41, 5.74) is 0. The van der Waals surface area contributed by atoms with Crippen LogP contribution in [0.2, 0.25) is 0 Å². The van der Waals surface area contributed by atoms with Crippen molar-refractivity contribution in [2.24, 2.45) is 0 Å². The Labute approximate surface area is 101 Å². The second-order valence-electron chi connectivity index (χ2n) is 2.59. The molecule has 14 heavy (non-hydrogen) atoms. The standard InChI is InChI=1S/C6H4Br2.C6H6/c7-5-1-2-6(8)4-3-5;1-2-4-6-5-3-1/h1-4H;1-6H. The van der Waals surface area contributed by atoms with Gasteiger partial charge in [0.2, 0.25) is 0 Å². The molecule has 0 spiro atoms. The van der Waals surface area contributed by atoms with Crippen molar-refractivity contribution in [2.45, 2.75) is 0 Å². The molecule has 72 valence electrons. The maximum absolute atomic E-state index is 3.32. The molecule has 0 aliphatic heterocycles. The Bertz CT molecular complexity index is 293. The highest BCUT2D eigenvalue weighted by Gasteiger charge is 1.83. The highest BCUT2D eigenvalue weighted by Crippen LogP contribution is 2.14. The highest BCUT2D eigenvalue weighted by atomic mass is 79.9. The van der Waals surface area contributed by atoms with Crippen molar-refractivity contribution in [3.8, 4) is 0 Å². The van der Waals surface area contributed by atoms with Gasteiger partial charge >= 0.3 is 0 Å². The van der Waals surface area contributed by atoms with Crippen LogP contribution < -0.4 is 0 Å². The van der Waals surface area contributed by atoms with Crippen LogP contribution in [0.25, 0.3) is 0 Å². The third kappa shape index (κ3) is 5.20. The lowest BCUT2D eigenvalue weighted by Gasteiger charge is -1.86. The summed E-state index contributed by atoms with van der Waals surface area (Å²) in [6.45, 7) is 0. The van der Waals surface area contributed by atoms with E-state index in [4.69, 9.17) is 0 Å². The van der Waals surface area contributed by atoms with Gasteiger partial charge in [-0.25, -0.2) is 0 Å². The van der Waals surface area contributed by atoms with Crippen LogP contribution in [0.5, 0.6) is 0 Å². The van der Waals surface area contributed by atoms with Crippen LogP contribution in [0.4, 0.5) is 0 Å². The molecule has 0 bridgehead atoms. The van der Waals surface area contributed by atoms with E-state index in [2.05, 4.69) is 31.9 Å². The van der Waals surface area contributed by atoms with Gasteiger partial charge in [0.25, 0.3) is 0 Å². The average molecular weight is 314 g/mol. The average Bonchev–Trinajstić information content (AvgIpc) is 2.26. The maximum Gasteiger partial charge on any atom is 0.0176 e. The lowest BCUT2D eigenvalue weighted by atomic mass is 10.4. The largest absolute Gasteiger partial charge is 0.0623 e. The minimum atomic E-state index is 1.11. The normalized spacial score (nSPS) is 8.71. The van der Waals surface area contributed by atoms with Gasteiger partial charge in [0.15, 0.2) is 0 Å². The molecule has 0 aliphatic carbocycles. The molecule has 0 unspecified atom stereocenters. The fourth-order valence-corrected chi connectivity index (χ4v) is 1.34. The lowest BCUT2D eigenvalue weighted by Crippen LogP contribution is -1.61. The van der Waals surface area contributed by atoms with E-state index in [1.54, 1.807) is 0 Å². The Kier molecular flexibility index (Phi) is 5.57. The quantitative estimate of drug-likeness (QED) is 0.649. The number of hydrogen-bond donors (Lipinski definition) is 0. The van der Waals surface area contributed by atoms with Crippen LogP contribution in [0.15, 0.2) is 69.6 Å². The first-order valence-electron chi connectivity index (χ1n) is 4.20. The van der Waals surface area contributed by atoms with E-state index in [0.29, 0.717) is 0 Å². The van der Waals surface area contributed by atoms with Crippen molar-refractivity contribution in [1.29, 1.82) is 0 Å². The Balaban J connectivity index is 0.000000146. The van der Waals surface area contributed by atoms with Crippen molar-refractivity contribution >= 4 is 31.9 Å². The van der Waals surface area contributed by atoms with E-state index >= 15 is 0 Å². The van der Waals surface area contributed by atoms with E-state index in [-0.39, 0.29) is 0 Å². The van der Waals surface area contributed by atoms with Crippen LogP contribution in [0, 0.1) is 0 Å². The molecule has 2 heteroatoms. The maximum atomic E-state index is 3.32. The zero-order valence-corrected chi connectivity index (χ0v) is 10.7. The molecule has 0 amide bonds. The van der Waals surface area contributed by atoms with Crippen LogP contribution in [-0.2, 0) is 0 Å². The van der Waals surface area contributed by atoms with Crippen molar-refractivity contribution < 1.29 is 0 Å². The van der Waals surface area contributed by atoms with E-state index in [9.17, 15) is 0 Å². The SMILES string of the molecule is Brc1ccc(Br)cc1.c1ccccc1.